The van der Waals surface area contributed by atoms with Gasteiger partial charge in [0, 0.05) is 18.1 Å². The summed E-state index contributed by atoms with van der Waals surface area (Å²) in [6.45, 7) is 2.10. The number of aryl methyl sites for hydroxylation is 1. The maximum atomic E-state index is 4.43. The lowest BCUT2D eigenvalue weighted by Crippen LogP contribution is -2.07. The van der Waals surface area contributed by atoms with Gasteiger partial charge in [0.15, 0.2) is 0 Å². The zero-order chi connectivity index (χ0) is 12.4. The fourth-order valence-corrected chi connectivity index (χ4v) is 2.04. The van der Waals surface area contributed by atoms with Crippen LogP contribution in [0.25, 0.3) is 0 Å². The zero-order valence-corrected chi connectivity index (χ0v) is 10.2. The van der Waals surface area contributed by atoms with Crippen molar-refractivity contribution in [2.75, 3.05) is 4.90 Å². The fourth-order valence-electron chi connectivity index (χ4n) is 2.04. The molecule has 18 heavy (non-hydrogen) atoms. The Morgan fingerprint density at radius 1 is 0.944 bits per heavy atom. The molecule has 0 bridgehead atoms. The Hall–Kier alpha value is -2.35. The highest BCUT2D eigenvalue weighted by Gasteiger charge is 2.11. The molecule has 2 aromatic carbocycles. The number of hydrogen-bond acceptors (Lipinski definition) is 2. The van der Waals surface area contributed by atoms with E-state index in [1.807, 2.05) is 36.7 Å². The van der Waals surface area contributed by atoms with E-state index >= 15 is 0 Å². The molecule has 2 aromatic rings. The summed E-state index contributed by atoms with van der Waals surface area (Å²) in [5, 5.41) is 0. The Balaban J connectivity index is 2.10. The number of anilines is 2. The van der Waals surface area contributed by atoms with Crippen LogP contribution in [-0.2, 0) is 0 Å². The molecule has 1 aliphatic rings. The summed E-state index contributed by atoms with van der Waals surface area (Å²) in [6.07, 6.45) is 5.83. The van der Waals surface area contributed by atoms with Gasteiger partial charge in [-0.15, -0.1) is 0 Å². The largest absolute Gasteiger partial charge is 0.315 e. The van der Waals surface area contributed by atoms with Crippen molar-refractivity contribution in [3.63, 3.8) is 0 Å². The minimum Gasteiger partial charge on any atom is -0.315 e. The van der Waals surface area contributed by atoms with Gasteiger partial charge in [-0.3, -0.25) is 4.99 Å². The average Bonchev–Trinajstić information content (AvgIpc) is 2.62. The van der Waals surface area contributed by atoms with Gasteiger partial charge in [0.2, 0.25) is 0 Å². The van der Waals surface area contributed by atoms with Gasteiger partial charge >= 0.3 is 0 Å². The van der Waals surface area contributed by atoms with Crippen LogP contribution < -0.4 is 4.90 Å². The number of aliphatic imine (C=N–C) groups is 1. The van der Waals surface area contributed by atoms with Crippen LogP contribution in [0, 0.1) is 6.92 Å². The highest BCUT2D eigenvalue weighted by Crippen LogP contribution is 2.35. The third-order valence-corrected chi connectivity index (χ3v) is 2.99. The second-order valence-corrected chi connectivity index (χ2v) is 4.31. The van der Waals surface area contributed by atoms with E-state index in [1.165, 1.54) is 5.56 Å². The molecule has 1 aliphatic heterocycles. The summed E-state index contributed by atoms with van der Waals surface area (Å²) in [5.41, 5.74) is 4.51. The summed E-state index contributed by atoms with van der Waals surface area (Å²) in [6, 6.07) is 16.7. The van der Waals surface area contributed by atoms with E-state index in [4.69, 9.17) is 0 Å². The lowest BCUT2D eigenvalue weighted by atomic mass is 10.2. The Morgan fingerprint density at radius 3 is 2.56 bits per heavy atom. The monoisotopic (exact) mass is 234 g/mol. The molecule has 0 unspecified atom stereocenters. The Bertz CT molecular complexity index is 609. The Labute approximate surface area is 107 Å². The molecule has 88 valence electrons. The van der Waals surface area contributed by atoms with Crippen LogP contribution in [0.3, 0.4) is 0 Å². The molecule has 0 aromatic heterocycles. The number of fused-ring (bicyclic) bond motifs is 1. The molecule has 0 radical (unpaired) electrons. The van der Waals surface area contributed by atoms with Gasteiger partial charge in [-0.25, -0.2) is 0 Å². The number of benzene rings is 2. The normalized spacial score (nSPS) is 13.3. The quantitative estimate of drug-likeness (QED) is 0.715. The van der Waals surface area contributed by atoms with Gasteiger partial charge in [-0.2, -0.15) is 0 Å². The van der Waals surface area contributed by atoms with E-state index in [-0.39, 0.29) is 0 Å². The van der Waals surface area contributed by atoms with E-state index in [0.29, 0.717) is 0 Å². The molecule has 0 saturated carbocycles. The van der Waals surface area contributed by atoms with Gasteiger partial charge in [-0.05, 0) is 37.3 Å². The van der Waals surface area contributed by atoms with Crippen LogP contribution in [0.5, 0.6) is 0 Å². The first kappa shape index (κ1) is 10.8. The van der Waals surface area contributed by atoms with Crippen LogP contribution in [0.4, 0.5) is 17.1 Å². The number of hydrogen-bond donors (Lipinski definition) is 0. The maximum Gasteiger partial charge on any atom is 0.0869 e. The first-order chi connectivity index (χ1) is 8.84. The molecule has 3 rings (SSSR count). The first-order valence-corrected chi connectivity index (χ1v) is 6.00. The average molecular weight is 234 g/mol. The Morgan fingerprint density at radius 2 is 1.72 bits per heavy atom. The fraction of sp³-hybridized carbons (Fsp3) is 0.0625. The minimum atomic E-state index is 0.989. The SMILES string of the molecule is Cc1ccc(N2C=CC=Nc3ccccc32)cc1. The van der Waals surface area contributed by atoms with Crippen LogP contribution in [0.2, 0.25) is 0 Å². The minimum absolute atomic E-state index is 0.989. The zero-order valence-electron chi connectivity index (χ0n) is 10.2. The van der Waals surface area contributed by atoms with Crippen molar-refractivity contribution < 1.29 is 0 Å². The molecule has 2 heteroatoms. The van der Waals surface area contributed by atoms with E-state index in [2.05, 4.69) is 47.1 Å². The summed E-state index contributed by atoms with van der Waals surface area (Å²) < 4.78 is 0. The summed E-state index contributed by atoms with van der Waals surface area (Å²) >= 11 is 0. The maximum absolute atomic E-state index is 4.43. The van der Waals surface area contributed by atoms with Crippen LogP contribution in [-0.4, -0.2) is 6.21 Å². The van der Waals surface area contributed by atoms with E-state index in [0.717, 1.165) is 17.1 Å². The summed E-state index contributed by atoms with van der Waals surface area (Å²) in [5.74, 6) is 0. The molecule has 0 N–H and O–H groups in total. The first-order valence-electron chi connectivity index (χ1n) is 6.00. The third kappa shape index (κ3) is 1.93. The topological polar surface area (TPSA) is 15.6 Å². The number of nitrogens with zero attached hydrogens (tertiary/aromatic N) is 2. The summed E-state index contributed by atoms with van der Waals surface area (Å²) in [7, 11) is 0. The number of allylic oxidation sites excluding steroid dienone is 1. The molecular formula is C16H14N2. The predicted octanol–water partition coefficient (Wildman–Crippen LogP) is 4.36. The second kappa shape index (κ2) is 4.49. The van der Waals surface area contributed by atoms with Gasteiger partial charge in [0.25, 0.3) is 0 Å². The van der Waals surface area contributed by atoms with E-state index in [9.17, 15) is 0 Å². The predicted molar refractivity (Wildman–Crippen MR) is 77.1 cm³/mol. The lowest BCUT2D eigenvalue weighted by molar-refractivity contribution is 1.28. The highest BCUT2D eigenvalue weighted by atomic mass is 15.1. The van der Waals surface area contributed by atoms with Crippen molar-refractivity contribution in [1.29, 1.82) is 0 Å². The van der Waals surface area contributed by atoms with Crippen LogP contribution in [0.1, 0.15) is 5.56 Å². The molecule has 0 saturated heterocycles. The second-order valence-electron chi connectivity index (χ2n) is 4.31. The molecule has 2 nitrogen and oxygen atoms in total. The molecule has 0 fully saturated rings. The van der Waals surface area contributed by atoms with Crippen molar-refractivity contribution in [3.05, 3.63) is 66.4 Å². The van der Waals surface area contributed by atoms with Gasteiger partial charge in [-0.1, -0.05) is 29.8 Å². The molecule has 0 atom stereocenters. The van der Waals surface area contributed by atoms with Gasteiger partial charge < -0.3 is 4.90 Å². The third-order valence-electron chi connectivity index (χ3n) is 2.99. The summed E-state index contributed by atoms with van der Waals surface area (Å²) in [4.78, 5) is 6.58. The van der Waals surface area contributed by atoms with Crippen molar-refractivity contribution >= 4 is 23.3 Å². The van der Waals surface area contributed by atoms with Gasteiger partial charge in [0.1, 0.15) is 0 Å². The molecule has 1 heterocycles. The van der Waals surface area contributed by atoms with Crippen LogP contribution >= 0.6 is 0 Å². The lowest BCUT2D eigenvalue weighted by Gasteiger charge is -2.21. The molecule has 0 amide bonds. The smallest absolute Gasteiger partial charge is 0.0869 e. The van der Waals surface area contributed by atoms with Crippen molar-refractivity contribution in [2.24, 2.45) is 4.99 Å². The molecular weight excluding hydrogens is 220 g/mol. The van der Waals surface area contributed by atoms with E-state index < -0.39 is 0 Å². The highest BCUT2D eigenvalue weighted by molar-refractivity contribution is 5.86. The van der Waals surface area contributed by atoms with Crippen molar-refractivity contribution in [2.45, 2.75) is 6.92 Å². The number of rotatable bonds is 1. The molecule has 0 spiro atoms. The van der Waals surface area contributed by atoms with Gasteiger partial charge in [0.05, 0.1) is 11.4 Å². The van der Waals surface area contributed by atoms with Crippen molar-refractivity contribution in [3.8, 4) is 0 Å². The van der Waals surface area contributed by atoms with Crippen molar-refractivity contribution in [1.82, 2.24) is 0 Å². The van der Waals surface area contributed by atoms with Crippen LogP contribution in [0.15, 0.2) is 65.8 Å². The van der Waals surface area contributed by atoms with E-state index in [1.54, 1.807) is 0 Å². The Kier molecular flexibility index (Phi) is 2.69. The standard InChI is InChI=1S/C16H14N2/c1-13-7-9-14(10-8-13)18-12-4-11-17-15-5-2-3-6-16(15)18/h2-12H,1H3. The number of para-hydroxylation sites is 2. The molecule has 0 aliphatic carbocycles.